The Morgan fingerprint density at radius 1 is 1.08 bits per heavy atom. The Kier molecular flexibility index (Phi) is 6.58. The summed E-state index contributed by atoms with van der Waals surface area (Å²) in [6, 6.07) is 13.3. The van der Waals surface area contributed by atoms with Crippen molar-refractivity contribution in [3.63, 3.8) is 0 Å². The highest BCUT2D eigenvalue weighted by atomic mass is 16.6. The van der Waals surface area contributed by atoms with Gasteiger partial charge in [-0.2, -0.15) is 10.2 Å². The number of nitro benzene ring substituents is 1. The maximum Gasteiger partial charge on any atom is 0.293 e. The molecule has 0 radical (unpaired) electrons. The van der Waals surface area contributed by atoms with Gasteiger partial charge in [-0.3, -0.25) is 14.9 Å². The summed E-state index contributed by atoms with van der Waals surface area (Å²) in [5.41, 5.74) is 2.21. The number of likely N-dealkylation sites (N-methyl/N-ethyl adjacent to an activating group) is 1. The summed E-state index contributed by atoms with van der Waals surface area (Å²) in [7, 11) is 0. The van der Waals surface area contributed by atoms with Crippen LogP contribution in [-0.2, 0) is 9.53 Å². The molecule has 0 amide bonds. The number of carbonyl (C=O) groups excluding carboxylic acids is 1. The molecule has 0 heterocycles. The summed E-state index contributed by atoms with van der Waals surface area (Å²) in [6.07, 6.45) is 0. The summed E-state index contributed by atoms with van der Waals surface area (Å²) in [4.78, 5) is 22.4. The standard InChI is InChI=1S/C17H18N4O4/c1-2-20(11-12-25-13-22)16-7-3-14(4-8-16)18-19-15-5-9-17(10-6-15)21(23)24/h3-10,13H,2,11-12H2,1H3. The molecule has 0 aromatic heterocycles. The van der Waals surface area contributed by atoms with E-state index in [-0.39, 0.29) is 5.69 Å². The molecular weight excluding hydrogens is 324 g/mol. The fraction of sp³-hybridized carbons (Fsp3) is 0.235. The smallest absolute Gasteiger partial charge is 0.293 e. The topological polar surface area (TPSA) is 97.4 Å². The van der Waals surface area contributed by atoms with Crippen molar-refractivity contribution in [2.75, 3.05) is 24.6 Å². The Morgan fingerprint density at radius 3 is 2.12 bits per heavy atom. The summed E-state index contributed by atoms with van der Waals surface area (Å²) in [5, 5.41) is 18.8. The number of hydrogen-bond donors (Lipinski definition) is 0. The average Bonchev–Trinajstić information content (AvgIpc) is 2.64. The van der Waals surface area contributed by atoms with Crippen LogP contribution in [0.3, 0.4) is 0 Å². The highest BCUT2D eigenvalue weighted by Gasteiger charge is 2.05. The minimum absolute atomic E-state index is 0.0153. The molecule has 0 N–H and O–H groups in total. The van der Waals surface area contributed by atoms with Crippen LogP contribution < -0.4 is 4.90 Å². The summed E-state index contributed by atoms with van der Waals surface area (Å²) < 4.78 is 4.72. The lowest BCUT2D eigenvalue weighted by atomic mass is 10.2. The SMILES string of the molecule is CCN(CCOC=O)c1ccc(N=Nc2ccc([N+](=O)[O-])cc2)cc1. The Labute approximate surface area is 144 Å². The molecule has 0 saturated carbocycles. The predicted octanol–water partition coefficient (Wildman–Crippen LogP) is 4.01. The first-order valence-electron chi connectivity index (χ1n) is 7.70. The third-order valence-electron chi connectivity index (χ3n) is 3.49. The molecular formula is C17H18N4O4. The van der Waals surface area contributed by atoms with Gasteiger partial charge in [0.15, 0.2) is 0 Å². The van der Waals surface area contributed by atoms with Gasteiger partial charge in [-0.25, -0.2) is 0 Å². The number of rotatable bonds is 9. The lowest BCUT2D eigenvalue weighted by Gasteiger charge is -2.22. The van der Waals surface area contributed by atoms with Gasteiger partial charge in [-0.05, 0) is 43.3 Å². The molecule has 2 rings (SSSR count). The molecule has 0 spiro atoms. The number of benzene rings is 2. The van der Waals surface area contributed by atoms with Crippen LogP contribution in [0.4, 0.5) is 22.7 Å². The van der Waals surface area contributed by atoms with E-state index in [0.29, 0.717) is 31.0 Å². The zero-order chi connectivity index (χ0) is 18.1. The molecule has 25 heavy (non-hydrogen) atoms. The second kappa shape index (κ2) is 9.11. The van der Waals surface area contributed by atoms with Gasteiger partial charge in [0.05, 0.1) is 22.8 Å². The van der Waals surface area contributed by atoms with Crippen molar-refractivity contribution in [3.8, 4) is 0 Å². The van der Waals surface area contributed by atoms with E-state index in [1.807, 2.05) is 31.2 Å². The molecule has 0 unspecified atom stereocenters. The van der Waals surface area contributed by atoms with Crippen molar-refractivity contribution in [3.05, 3.63) is 58.6 Å². The van der Waals surface area contributed by atoms with Crippen molar-refractivity contribution in [2.24, 2.45) is 10.2 Å². The maximum atomic E-state index is 10.6. The Balaban J connectivity index is 2.01. The number of anilines is 1. The minimum atomic E-state index is -0.459. The minimum Gasteiger partial charge on any atom is -0.466 e. The van der Waals surface area contributed by atoms with Crippen molar-refractivity contribution in [1.29, 1.82) is 0 Å². The van der Waals surface area contributed by atoms with Gasteiger partial charge in [0.25, 0.3) is 12.2 Å². The third kappa shape index (κ3) is 5.38. The van der Waals surface area contributed by atoms with Crippen LogP contribution in [0.2, 0.25) is 0 Å². The molecule has 0 aliphatic carbocycles. The summed E-state index contributed by atoms with van der Waals surface area (Å²) in [5.74, 6) is 0. The van der Waals surface area contributed by atoms with Crippen LogP contribution in [-0.4, -0.2) is 31.1 Å². The van der Waals surface area contributed by atoms with Crippen molar-refractivity contribution < 1.29 is 14.5 Å². The van der Waals surface area contributed by atoms with Crippen LogP contribution in [0, 0.1) is 10.1 Å². The van der Waals surface area contributed by atoms with Crippen molar-refractivity contribution in [2.45, 2.75) is 6.92 Å². The van der Waals surface area contributed by atoms with E-state index in [4.69, 9.17) is 4.74 Å². The van der Waals surface area contributed by atoms with Crippen LogP contribution in [0.5, 0.6) is 0 Å². The average molecular weight is 342 g/mol. The zero-order valence-electron chi connectivity index (χ0n) is 13.7. The predicted molar refractivity (Wildman–Crippen MR) is 93.6 cm³/mol. The molecule has 0 aliphatic heterocycles. The lowest BCUT2D eigenvalue weighted by Crippen LogP contribution is -2.26. The molecule has 2 aromatic carbocycles. The molecule has 130 valence electrons. The number of nitro groups is 1. The Bertz CT molecular complexity index is 729. The first-order valence-corrected chi connectivity index (χ1v) is 7.70. The number of non-ortho nitro benzene ring substituents is 1. The van der Waals surface area contributed by atoms with Crippen LogP contribution in [0.25, 0.3) is 0 Å². The summed E-state index contributed by atoms with van der Waals surface area (Å²) in [6.45, 7) is 4.18. The monoisotopic (exact) mass is 342 g/mol. The second-order valence-corrected chi connectivity index (χ2v) is 5.04. The number of hydrogen-bond acceptors (Lipinski definition) is 7. The number of ether oxygens (including phenoxy) is 1. The third-order valence-corrected chi connectivity index (χ3v) is 3.49. The molecule has 0 atom stereocenters. The maximum absolute atomic E-state index is 10.6. The summed E-state index contributed by atoms with van der Waals surface area (Å²) >= 11 is 0. The molecule has 8 heteroatoms. The fourth-order valence-electron chi connectivity index (χ4n) is 2.17. The lowest BCUT2D eigenvalue weighted by molar-refractivity contribution is -0.384. The number of carbonyl (C=O) groups is 1. The van der Waals surface area contributed by atoms with E-state index in [2.05, 4.69) is 15.1 Å². The molecule has 8 nitrogen and oxygen atoms in total. The second-order valence-electron chi connectivity index (χ2n) is 5.04. The van der Waals surface area contributed by atoms with E-state index in [9.17, 15) is 14.9 Å². The van der Waals surface area contributed by atoms with Crippen molar-refractivity contribution in [1.82, 2.24) is 0 Å². The number of nitrogens with zero attached hydrogens (tertiary/aromatic N) is 4. The molecule has 0 aliphatic rings. The first-order chi connectivity index (χ1) is 12.1. The zero-order valence-corrected chi connectivity index (χ0v) is 13.7. The van der Waals surface area contributed by atoms with Gasteiger partial charge in [0.1, 0.15) is 6.61 Å². The van der Waals surface area contributed by atoms with Gasteiger partial charge >= 0.3 is 0 Å². The van der Waals surface area contributed by atoms with Gasteiger partial charge in [-0.15, -0.1) is 0 Å². The highest BCUT2D eigenvalue weighted by Crippen LogP contribution is 2.23. The van der Waals surface area contributed by atoms with Crippen molar-refractivity contribution >= 4 is 29.2 Å². The van der Waals surface area contributed by atoms with Crippen LogP contribution in [0.15, 0.2) is 58.8 Å². The van der Waals surface area contributed by atoms with E-state index in [1.54, 1.807) is 12.1 Å². The van der Waals surface area contributed by atoms with Gasteiger partial charge in [0, 0.05) is 24.4 Å². The first kappa shape index (κ1) is 18.1. The molecule has 0 bridgehead atoms. The van der Waals surface area contributed by atoms with Crippen LogP contribution >= 0.6 is 0 Å². The fourth-order valence-corrected chi connectivity index (χ4v) is 2.17. The van der Waals surface area contributed by atoms with E-state index < -0.39 is 4.92 Å². The Hall–Kier alpha value is -3.29. The molecule has 2 aromatic rings. The van der Waals surface area contributed by atoms with Gasteiger partial charge < -0.3 is 9.64 Å². The largest absolute Gasteiger partial charge is 0.466 e. The quantitative estimate of drug-likeness (QED) is 0.225. The van der Waals surface area contributed by atoms with Gasteiger partial charge in [0.2, 0.25) is 0 Å². The normalized spacial score (nSPS) is 10.6. The van der Waals surface area contributed by atoms with E-state index in [1.165, 1.54) is 12.1 Å². The molecule has 0 fully saturated rings. The van der Waals surface area contributed by atoms with E-state index in [0.717, 1.165) is 12.2 Å². The molecule has 0 saturated heterocycles. The van der Waals surface area contributed by atoms with Crippen LogP contribution in [0.1, 0.15) is 6.92 Å². The van der Waals surface area contributed by atoms with E-state index >= 15 is 0 Å². The van der Waals surface area contributed by atoms with Gasteiger partial charge in [-0.1, -0.05) is 0 Å². The Morgan fingerprint density at radius 2 is 1.64 bits per heavy atom. The number of azo groups is 1. The highest BCUT2D eigenvalue weighted by molar-refractivity contribution is 5.53.